The van der Waals surface area contributed by atoms with E-state index >= 15 is 0 Å². The summed E-state index contributed by atoms with van der Waals surface area (Å²) in [4.78, 5) is 49.1. The van der Waals surface area contributed by atoms with Gasteiger partial charge in [0.05, 0.1) is 37.0 Å². The van der Waals surface area contributed by atoms with Crippen molar-refractivity contribution >= 4 is 63.3 Å². The summed E-state index contributed by atoms with van der Waals surface area (Å²) in [7, 11) is 3.00. The van der Waals surface area contributed by atoms with Gasteiger partial charge in [0.2, 0.25) is 11.7 Å². The lowest BCUT2D eigenvalue weighted by atomic mass is 10.0. The Hall–Kier alpha value is -3.31. The number of thioether (sulfide) groups is 1. The molecule has 2 aromatic rings. The summed E-state index contributed by atoms with van der Waals surface area (Å²) in [5.74, 6) is -0.192. The molecule has 33 heavy (non-hydrogen) atoms. The third-order valence-electron chi connectivity index (χ3n) is 4.99. The lowest BCUT2D eigenvalue weighted by Gasteiger charge is -2.26. The first-order valence-corrected chi connectivity index (χ1v) is 12.0. The molecule has 170 valence electrons. The van der Waals surface area contributed by atoms with E-state index < -0.39 is 17.9 Å². The number of hydrogen-bond donors (Lipinski definition) is 1. The summed E-state index contributed by atoms with van der Waals surface area (Å²) >= 11 is 2.61. The van der Waals surface area contributed by atoms with Crippen LogP contribution in [-0.4, -0.2) is 70.5 Å². The van der Waals surface area contributed by atoms with Gasteiger partial charge < -0.3 is 10.1 Å². The van der Waals surface area contributed by atoms with Gasteiger partial charge in [-0.05, 0) is 30.5 Å². The molecule has 1 unspecified atom stereocenters. The summed E-state index contributed by atoms with van der Waals surface area (Å²) in [5, 5.41) is 5.17. The van der Waals surface area contributed by atoms with Crippen LogP contribution in [0.3, 0.4) is 0 Å². The molecule has 3 heterocycles. The second-order valence-electron chi connectivity index (χ2n) is 7.16. The van der Waals surface area contributed by atoms with Gasteiger partial charge in [-0.1, -0.05) is 35.0 Å². The fourth-order valence-corrected chi connectivity index (χ4v) is 4.91. The van der Waals surface area contributed by atoms with Crippen molar-refractivity contribution in [3.05, 3.63) is 46.7 Å². The summed E-state index contributed by atoms with van der Waals surface area (Å²) in [5.41, 5.74) is 0.572. The number of amides is 4. The molecule has 0 fully saturated rings. The Labute approximate surface area is 198 Å². The van der Waals surface area contributed by atoms with Crippen LogP contribution in [0.1, 0.15) is 11.8 Å². The largest absolute Gasteiger partial charge is 0.492 e. The minimum atomic E-state index is -0.838. The molecule has 4 amide bonds. The minimum Gasteiger partial charge on any atom is -0.492 e. The van der Waals surface area contributed by atoms with Gasteiger partial charge in [-0.15, -0.1) is 11.3 Å². The van der Waals surface area contributed by atoms with Crippen LogP contribution < -0.4 is 10.1 Å². The molecule has 2 aliphatic heterocycles. The molecule has 4 rings (SSSR count). The molecule has 1 aromatic heterocycles. The van der Waals surface area contributed by atoms with E-state index in [1.807, 2.05) is 36.6 Å². The van der Waals surface area contributed by atoms with E-state index in [0.717, 1.165) is 21.5 Å². The first kappa shape index (κ1) is 22.9. The Balaban J connectivity index is 1.59. The van der Waals surface area contributed by atoms with Crippen molar-refractivity contribution in [1.29, 1.82) is 0 Å². The Morgan fingerprint density at radius 1 is 1.24 bits per heavy atom. The monoisotopic (exact) mass is 484 g/mol. The van der Waals surface area contributed by atoms with Gasteiger partial charge in [0.1, 0.15) is 10.8 Å². The number of amidine groups is 2. The smallest absolute Gasteiger partial charge is 0.445 e. The van der Waals surface area contributed by atoms with E-state index in [-0.39, 0.29) is 11.7 Å². The zero-order chi connectivity index (χ0) is 23.5. The highest BCUT2D eigenvalue weighted by Gasteiger charge is 2.49. The minimum absolute atomic E-state index is 0.0233. The number of imide groups is 1. The average molecular weight is 485 g/mol. The number of benzene rings is 1. The van der Waals surface area contributed by atoms with E-state index in [4.69, 9.17) is 4.74 Å². The average Bonchev–Trinajstić information content (AvgIpc) is 3.36. The van der Waals surface area contributed by atoms with E-state index in [1.165, 1.54) is 23.0 Å². The van der Waals surface area contributed by atoms with Crippen molar-refractivity contribution in [3.8, 4) is 5.75 Å². The quantitative estimate of drug-likeness (QED) is 0.635. The van der Waals surface area contributed by atoms with Gasteiger partial charge in [-0.25, -0.2) is 9.79 Å². The molecule has 0 bridgehead atoms. The lowest BCUT2D eigenvalue weighted by Crippen LogP contribution is -2.54. The molecule has 1 atom stereocenters. The molecular formula is C22H22N5O4S2+. The normalized spacial score (nSPS) is 18.0. The standard InChI is InChI=1S/C22H21N5O4S2/c1-4-31-14-9-6-5-8-13(14)23-16(28)12-33-20-17-19(26(2)22(30)27(3)21(17)29)24-18(25-20)15-10-7-11-32-15/h5-11,17H,4,12H2,1-3H3/p+1. The predicted octanol–water partition coefficient (Wildman–Crippen LogP) is 2.93. The van der Waals surface area contributed by atoms with Crippen molar-refractivity contribution in [3.63, 3.8) is 0 Å². The van der Waals surface area contributed by atoms with Gasteiger partial charge >= 0.3 is 11.9 Å². The number of aliphatic imine (C=N–C) groups is 2. The Kier molecular flexibility index (Phi) is 6.70. The highest BCUT2D eigenvalue weighted by Crippen LogP contribution is 2.28. The topological polar surface area (TPSA) is 103 Å². The number of anilines is 1. The zero-order valence-corrected chi connectivity index (χ0v) is 19.9. The molecule has 0 spiro atoms. The summed E-state index contributed by atoms with van der Waals surface area (Å²) in [6.07, 6.45) is 0. The fourth-order valence-electron chi connectivity index (χ4n) is 3.38. The third kappa shape index (κ3) is 4.60. The van der Waals surface area contributed by atoms with Crippen molar-refractivity contribution in [1.82, 2.24) is 4.90 Å². The van der Waals surface area contributed by atoms with E-state index in [0.29, 0.717) is 34.8 Å². The fraction of sp³-hybridized carbons (Fsp3) is 0.273. The Bertz CT molecular complexity index is 1200. The summed E-state index contributed by atoms with van der Waals surface area (Å²) in [6, 6.07) is 10.5. The maximum atomic E-state index is 13.0. The summed E-state index contributed by atoms with van der Waals surface area (Å²) in [6.45, 7) is 2.35. The predicted molar refractivity (Wildman–Crippen MR) is 130 cm³/mol. The number of para-hydroxylation sites is 2. The number of thiophene rings is 1. The van der Waals surface area contributed by atoms with Crippen molar-refractivity contribution in [2.45, 2.75) is 6.92 Å². The number of carbonyl (C=O) groups is 3. The Morgan fingerprint density at radius 2 is 2.03 bits per heavy atom. The van der Waals surface area contributed by atoms with Gasteiger partial charge in [0.15, 0.2) is 5.92 Å². The SMILES string of the molecule is CCOc1ccccc1NC(=O)CSC1=NC(c2cccs2)=NC2=[N+](C)C(=O)N(C)C(=O)C12. The molecular weight excluding hydrogens is 462 g/mol. The molecule has 0 saturated carbocycles. The number of nitrogens with one attached hydrogen (secondary N) is 1. The highest BCUT2D eigenvalue weighted by molar-refractivity contribution is 8.14. The van der Waals surface area contributed by atoms with Crippen LogP contribution in [-0.2, 0) is 9.59 Å². The maximum Gasteiger partial charge on any atom is 0.445 e. The van der Waals surface area contributed by atoms with E-state index in [9.17, 15) is 14.4 Å². The number of ether oxygens (including phenoxy) is 1. The van der Waals surface area contributed by atoms with Gasteiger partial charge in [-0.2, -0.15) is 9.48 Å². The van der Waals surface area contributed by atoms with E-state index in [1.54, 1.807) is 19.2 Å². The van der Waals surface area contributed by atoms with Crippen molar-refractivity contribution < 1.29 is 23.7 Å². The van der Waals surface area contributed by atoms with Gasteiger partial charge in [0.25, 0.3) is 5.84 Å². The maximum absolute atomic E-state index is 13.0. The van der Waals surface area contributed by atoms with Crippen LogP contribution in [0.2, 0.25) is 0 Å². The molecule has 1 aromatic carbocycles. The third-order valence-corrected chi connectivity index (χ3v) is 6.89. The number of urea groups is 1. The van der Waals surface area contributed by atoms with Crippen LogP contribution in [0, 0.1) is 5.92 Å². The lowest BCUT2D eigenvalue weighted by molar-refractivity contribution is -0.407. The molecule has 2 aliphatic rings. The molecule has 9 nitrogen and oxygen atoms in total. The second-order valence-corrected chi connectivity index (χ2v) is 9.10. The number of rotatable bonds is 6. The van der Waals surface area contributed by atoms with Gasteiger partial charge in [0, 0.05) is 0 Å². The Morgan fingerprint density at radius 3 is 2.76 bits per heavy atom. The molecule has 0 radical (unpaired) electrons. The second kappa shape index (κ2) is 9.67. The van der Waals surface area contributed by atoms with E-state index in [2.05, 4.69) is 15.3 Å². The molecule has 0 aliphatic carbocycles. The molecule has 0 saturated heterocycles. The van der Waals surface area contributed by atoms with Crippen molar-refractivity contribution in [2.24, 2.45) is 15.9 Å². The summed E-state index contributed by atoms with van der Waals surface area (Å²) < 4.78 is 6.91. The molecule has 11 heteroatoms. The first-order valence-electron chi connectivity index (χ1n) is 10.2. The van der Waals surface area contributed by atoms with Gasteiger partial charge in [-0.3, -0.25) is 9.59 Å². The van der Waals surface area contributed by atoms with Crippen LogP contribution >= 0.6 is 23.1 Å². The highest BCUT2D eigenvalue weighted by atomic mass is 32.2. The molecule has 1 N–H and O–H groups in total. The van der Waals surface area contributed by atoms with Crippen LogP contribution in [0.15, 0.2) is 51.8 Å². The number of hydrogen-bond acceptors (Lipinski definition) is 8. The number of nitrogens with zero attached hydrogens (tertiary/aromatic N) is 4. The van der Waals surface area contributed by atoms with Crippen LogP contribution in [0.5, 0.6) is 5.75 Å². The number of carbonyl (C=O) groups excluding carboxylic acids is 3. The van der Waals surface area contributed by atoms with Crippen LogP contribution in [0.4, 0.5) is 10.5 Å². The van der Waals surface area contributed by atoms with Crippen LogP contribution in [0.25, 0.3) is 0 Å². The first-order chi connectivity index (χ1) is 15.9. The van der Waals surface area contributed by atoms with Crippen molar-refractivity contribution in [2.75, 3.05) is 31.8 Å². The zero-order valence-electron chi connectivity index (χ0n) is 18.3. The number of fused-ring (bicyclic) bond motifs is 1.